The van der Waals surface area contributed by atoms with Gasteiger partial charge in [0.15, 0.2) is 0 Å². The molecule has 0 spiro atoms. The van der Waals surface area contributed by atoms with E-state index in [1.165, 1.54) is 16.6 Å². The first-order chi connectivity index (χ1) is 6.95. The average Bonchev–Trinajstić information content (AvgIpc) is 2.42. The molecular weight excluding hydrogens is 177 g/mol. The smallest absolute Gasteiger partial charge is 0.339 e. The van der Waals surface area contributed by atoms with E-state index < -0.39 is 0 Å². The Bertz CT molecular complexity index is 534. The summed E-state index contributed by atoms with van der Waals surface area (Å²) in [5.74, 6) is 0. The Kier molecular flexibility index (Phi) is 2.86. The first-order valence-corrected chi connectivity index (χ1v) is 4.77. The zero-order valence-electron chi connectivity index (χ0n) is 8.77. The monoisotopic (exact) mass is 187 g/mol. The molecule has 0 bridgehead atoms. The fourth-order valence-corrected chi connectivity index (χ4v) is 1.91. The Balaban J connectivity index is 0.000000853. The quantitative estimate of drug-likeness (QED) is 0.405. The summed E-state index contributed by atoms with van der Waals surface area (Å²) in [5, 5.41) is 1.30. The van der Waals surface area contributed by atoms with Crippen molar-refractivity contribution in [1.82, 2.24) is 4.57 Å². The van der Waals surface area contributed by atoms with Crippen molar-refractivity contribution >= 4 is 17.1 Å². The third-order valence-electron chi connectivity index (χ3n) is 2.56. The van der Waals surface area contributed by atoms with Crippen LogP contribution in [0.2, 0.25) is 0 Å². The van der Waals surface area contributed by atoms with Gasteiger partial charge in [-0.3, -0.25) is 6.08 Å². The molecule has 0 atom stereocenters. The number of benzene rings is 1. The summed E-state index contributed by atoms with van der Waals surface area (Å²) in [6.07, 6.45) is 10.2. The van der Waals surface area contributed by atoms with Crippen molar-refractivity contribution in [3.8, 4) is 0 Å². The van der Waals surface area contributed by atoms with Crippen LogP contribution in [0.5, 0.6) is 0 Å². The Labute approximate surface area is 101 Å². The fraction of sp³-hybridized carbons (Fsp3) is 0.0769. The van der Waals surface area contributed by atoms with Gasteiger partial charge in [0.05, 0.1) is 5.52 Å². The second-order valence-corrected chi connectivity index (χ2v) is 3.45. The first-order valence-electron chi connectivity index (χ1n) is 4.77. The molecule has 3 rings (SSSR count). The van der Waals surface area contributed by atoms with Crippen LogP contribution in [0.1, 0.15) is 5.69 Å². The van der Waals surface area contributed by atoms with Gasteiger partial charge in [0.1, 0.15) is 0 Å². The molecule has 15 heavy (non-hydrogen) atoms. The molecule has 1 aromatic carbocycles. The predicted octanol–water partition coefficient (Wildman–Crippen LogP) is 0.0315. The molecule has 2 aromatic rings. The van der Waals surface area contributed by atoms with Crippen LogP contribution in [0, 0.1) is 6.08 Å². The molecule has 0 aliphatic carbocycles. The van der Waals surface area contributed by atoms with Gasteiger partial charge in [-0.1, -0.05) is 30.8 Å². The van der Waals surface area contributed by atoms with Crippen LogP contribution in [0.15, 0.2) is 42.5 Å². The number of rotatable bonds is 0. The van der Waals surface area contributed by atoms with Crippen molar-refractivity contribution < 1.29 is 18.9 Å². The Morgan fingerprint density at radius 2 is 2.07 bits per heavy atom. The number of fused-ring (bicyclic) bond motifs is 3. The maximum Gasteiger partial charge on any atom is 1.00 e. The molecule has 0 N–H and O–H groups in total. The van der Waals surface area contributed by atoms with E-state index >= 15 is 0 Å². The van der Waals surface area contributed by atoms with Gasteiger partial charge in [-0.05, 0) is 12.1 Å². The SMILES string of the molecule is [C-]1=CC=Cn2c(cc3ccccc32)C1.[Li+]. The zero-order chi connectivity index (χ0) is 9.38. The van der Waals surface area contributed by atoms with E-state index in [2.05, 4.69) is 47.2 Å². The molecule has 0 amide bonds. The number of hydrogen-bond acceptors (Lipinski definition) is 0. The van der Waals surface area contributed by atoms with E-state index in [9.17, 15) is 0 Å². The fourth-order valence-electron chi connectivity index (χ4n) is 1.91. The number of para-hydroxylation sites is 1. The van der Waals surface area contributed by atoms with Gasteiger partial charge in [0, 0.05) is 11.1 Å². The number of allylic oxidation sites excluding steroid dienone is 3. The van der Waals surface area contributed by atoms with Gasteiger partial charge < -0.3 is 4.57 Å². The summed E-state index contributed by atoms with van der Waals surface area (Å²) in [4.78, 5) is 0. The maximum atomic E-state index is 3.23. The van der Waals surface area contributed by atoms with Gasteiger partial charge in [-0.15, -0.1) is 0 Å². The molecule has 68 valence electrons. The summed E-state index contributed by atoms with van der Waals surface area (Å²) >= 11 is 0. The van der Waals surface area contributed by atoms with E-state index in [1.54, 1.807) is 0 Å². The van der Waals surface area contributed by atoms with Crippen molar-refractivity contribution in [2.24, 2.45) is 0 Å². The minimum Gasteiger partial charge on any atom is -0.339 e. The van der Waals surface area contributed by atoms with E-state index in [1.807, 2.05) is 12.2 Å². The van der Waals surface area contributed by atoms with Crippen molar-refractivity contribution in [3.05, 3.63) is 54.3 Å². The summed E-state index contributed by atoms with van der Waals surface area (Å²) in [6, 6.07) is 10.7. The van der Waals surface area contributed by atoms with Gasteiger partial charge >= 0.3 is 18.9 Å². The standard InChI is InChI=1S/C13H10N.Li/c1-2-7-12-10-11-6-3-4-8-13(11)14(12)9-5-1;/h1,3-6,8-10H,7H2;/q-1;+1. The zero-order valence-corrected chi connectivity index (χ0v) is 8.77. The molecule has 0 saturated heterocycles. The topological polar surface area (TPSA) is 4.93 Å². The van der Waals surface area contributed by atoms with E-state index in [4.69, 9.17) is 0 Å². The second-order valence-electron chi connectivity index (χ2n) is 3.45. The molecule has 0 unspecified atom stereocenters. The van der Waals surface area contributed by atoms with Crippen LogP contribution in [0.25, 0.3) is 17.1 Å². The molecule has 1 aliphatic rings. The predicted molar refractivity (Wildman–Crippen MR) is 58.8 cm³/mol. The summed E-state index contributed by atoms with van der Waals surface area (Å²) in [6.45, 7) is 0. The second kappa shape index (κ2) is 4.14. The molecule has 2 heteroatoms. The summed E-state index contributed by atoms with van der Waals surface area (Å²) < 4.78 is 2.23. The van der Waals surface area contributed by atoms with Crippen molar-refractivity contribution in [1.29, 1.82) is 0 Å². The third kappa shape index (κ3) is 1.69. The first kappa shape index (κ1) is 10.4. The molecule has 0 radical (unpaired) electrons. The molecule has 1 aromatic heterocycles. The number of hydrogen-bond donors (Lipinski definition) is 0. The largest absolute Gasteiger partial charge is 1.00 e. The minimum atomic E-state index is 0. The Hall–Kier alpha value is -1.16. The molecule has 0 saturated carbocycles. The summed E-state index contributed by atoms with van der Waals surface area (Å²) in [5.41, 5.74) is 2.58. The van der Waals surface area contributed by atoms with Crippen LogP contribution in [-0.2, 0) is 6.42 Å². The maximum absolute atomic E-state index is 3.23. The molecule has 2 heterocycles. The van der Waals surface area contributed by atoms with Crippen LogP contribution in [0.3, 0.4) is 0 Å². The molecule has 0 fully saturated rings. The van der Waals surface area contributed by atoms with E-state index in [-0.39, 0.29) is 18.9 Å². The van der Waals surface area contributed by atoms with Gasteiger partial charge in [0.2, 0.25) is 0 Å². The van der Waals surface area contributed by atoms with Crippen LogP contribution in [-0.4, -0.2) is 4.57 Å². The molecule has 1 aliphatic heterocycles. The van der Waals surface area contributed by atoms with Crippen molar-refractivity contribution in [3.63, 3.8) is 0 Å². The van der Waals surface area contributed by atoms with Gasteiger partial charge in [-0.25, -0.2) is 6.08 Å². The van der Waals surface area contributed by atoms with Crippen molar-refractivity contribution in [2.75, 3.05) is 0 Å². The normalized spacial score (nSPS) is 13.3. The Morgan fingerprint density at radius 3 is 3.00 bits per heavy atom. The number of nitrogens with zero attached hydrogens (tertiary/aromatic N) is 1. The van der Waals surface area contributed by atoms with Crippen LogP contribution in [0.4, 0.5) is 0 Å². The summed E-state index contributed by atoms with van der Waals surface area (Å²) in [7, 11) is 0. The molecule has 1 nitrogen and oxygen atoms in total. The van der Waals surface area contributed by atoms with Crippen LogP contribution >= 0.6 is 0 Å². The van der Waals surface area contributed by atoms with Gasteiger partial charge in [0.25, 0.3) is 0 Å². The average molecular weight is 187 g/mol. The van der Waals surface area contributed by atoms with Gasteiger partial charge in [-0.2, -0.15) is 6.08 Å². The minimum absolute atomic E-state index is 0. The van der Waals surface area contributed by atoms with E-state index in [0.717, 1.165) is 6.42 Å². The van der Waals surface area contributed by atoms with Crippen LogP contribution < -0.4 is 18.9 Å². The molecular formula is C13H10LiN. The Morgan fingerprint density at radius 1 is 1.20 bits per heavy atom. The van der Waals surface area contributed by atoms with Crippen molar-refractivity contribution in [2.45, 2.75) is 6.42 Å². The number of aromatic nitrogens is 1. The van der Waals surface area contributed by atoms with E-state index in [0.29, 0.717) is 0 Å². The third-order valence-corrected chi connectivity index (χ3v) is 2.56.